The molecule has 5 nitrogen and oxygen atoms in total. The van der Waals surface area contributed by atoms with Crippen molar-refractivity contribution in [3.63, 3.8) is 0 Å². The summed E-state index contributed by atoms with van der Waals surface area (Å²) in [6.45, 7) is 3.99. The zero-order valence-electron chi connectivity index (χ0n) is 11.4. The summed E-state index contributed by atoms with van der Waals surface area (Å²) in [5.74, 6) is 1.17. The number of rotatable bonds is 4. The van der Waals surface area contributed by atoms with Gasteiger partial charge in [0, 0.05) is 12.6 Å². The second-order valence-electron chi connectivity index (χ2n) is 5.34. The number of nitrogens with two attached hydrogens (primary N) is 1. The number of aromatic nitrogens is 3. The molecule has 1 fully saturated rings. The molecule has 0 aliphatic carbocycles. The second-order valence-corrected chi connectivity index (χ2v) is 5.34. The first-order chi connectivity index (χ1) is 9.29. The van der Waals surface area contributed by atoms with Crippen molar-refractivity contribution in [2.24, 2.45) is 5.73 Å². The number of nitrogens with zero attached hydrogens (tertiary/aromatic N) is 4. The molecule has 2 aromatic heterocycles. The third-order valence-electron chi connectivity index (χ3n) is 3.92. The molecule has 0 bridgehead atoms. The highest BCUT2D eigenvalue weighted by Gasteiger charge is 2.26. The molecule has 0 saturated carbocycles. The Hall–Kier alpha value is -1.62. The van der Waals surface area contributed by atoms with E-state index in [2.05, 4.69) is 34.0 Å². The van der Waals surface area contributed by atoms with Crippen LogP contribution in [-0.4, -0.2) is 33.7 Å². The highest BCUT2D eigenvalue weighted by atomic mass is 15.4. The molecule has 1 saturated heterocycles. The van der Waals surface area contributed by atoms with Crippen LogP contribution in [0, 0.1) is 6.92 Å². The Morgan fingerprint density at radius 3 is 3.16 bits per heavy atom. The fourth-order valence-corrected chi connectivity index (χ4v) is 3.03. The largest absolute Gasteiger partial charge is 0.354 e. The molecule has 102 valence electrons. The highest BCUT2D eigenvalue weighted by Crippen LogP contribution is 2.28. The average molecular weight is 259 g/mol. The summed E-state index contributed by atoms with van der Waals surface area (Å²) in [5.41, 5.74) is 7.81. The van der Waals surface area contributed by atoms with Crippen molar-refractivity contribution in [3.05, 3.63) is 24.0 Å². The molecule has 2 N–H and O–H groups in total. The molecule has 1 atom stereocenters. The van der Waals surface area contributed by atoms with Crippen molar-refractivity contribution in [1.29, 1.82) is 0 Å². The summed E-state index contributed by atoms with van der Waals surface area (Å²) in [5, 5.41) is 4.36. The highest BCUT2D eigenvalue weighted by molar-refractivity contribution is 5.53. The van der Waals surface area contributed by atoms with E-state index in [0.29, 0.717) is 6.04 Å². The first kappa shape index (κ1) is 12.4. The monoisotopic (exact) mass is 259 g/mol. The predicted octanol–water partition coefficient (Wildman–Crippen LogP) is 1.75. The zero-order valence-corrected chi connectivity index (χ0v) is 11.4. The van der Waals surface area contributed by atoms with E-state index in [1.54, 1.807) is 6.33 Å². The maximum absolute atomic E-state index is 5.64. The van der Waals surface area contributed by atoms with Crippen LogP contribution in [0.4, 0.5) is 5.82 Å². The Morgan fingerprint density at radius 1 is 1.42 bits per heavy atom. The summed E-state index contributed by atoms with van der Waals surface area (Å²) < 4.78 is 1.95. The van der Waals surface area contributed by atoms with Crippen LogP contribution >= 0.6 is 0 Å². The Balaban J connectivity index is 1.96. The van der Waals surface area contributed by atoms with Crippen LogP contribution in [-0.2, 0) is 0 Å². The average Bonchev–Trinajstić information content (AvgIpc) is 3.03. The fraction of sp³-hybridized carbons (Fsp3) is 0.571. The number of fused-ring (bicyclic) bond motifs is 1. The van der Waals surface area contributed by atoms with Crippen LogP contribution in [0.1, 0.15) is 31.2 Å². The van der Waals surface area contributed by atoms with Crippen LogP contribution in [0.25, 0.3) is 5.65 Å². The standard InChI is InChI=1S/C14H21N5/c1-11-8-13-16-10-17-19(13)14(9-11)18-7-3-5-12(18)4-2-6-15/h8-10,12H,2-7,15H2,1H3. The van der Waals surface area contributed by atoms with E-state index in [4.69, 9.17) is 5.73 Å². The first-order valence-electron chi connectivity index (χ1n) is 7.06. The van der Waals surface area contributed by atoms with Gasteiger partial charge >= 0.3 is 0 Å². The van der Waals surface area contributed by atoms with Gasteiger partial charge in [0.2, 0.25) is 0 Å². The third kappa shape index (κ3) is 2.30. The van der Waals surface area contributed by atoms with Gasteiger partial charge in [-0.2, -0.15) is 9.61 Å². The second kappa shape index (κ2) is 5.17. The molecular weight excluding hydrogens is 238 g/mol. The fourth-order valence-electron chi connectivity index (χ4n) is 3.03. The van der Waals surface area contributed by atoms with E-state index in [9.17, 15) is 0 Å². The van der Waals surface area contributed by atoms with E-state index in [1.165, 1.54) is 30.6 Å². The summed E-state index contributed by atoms with van der Waals surface area (Å²) >= 11 is 0. The molecule has 19 heavy (non-hydrogen) atoms. The van der Waals surface area contributed by atoms with E-state index in [0.717, 1.165) is 25.2 Å². The molecule has 1 aliphatic heterocycles. The van der Waals surface area contributed by atoms with Crippen LogP contribution in [0.2, 0.25) is 0 Å². The molecule has 3 rings (SSSR count). The van der Waals surface area contributed by atoms with E-state index in [-0.39, 0.29) is 0 Å². The Kier molecular flexibility index (Phi) is 3.38. The normalized spacial score (nSPS) is 19.5. The molecule has 2 aromatic rings. The minimum atomic E-state index is 0.595. The molecule has 0 aromatic carbocycles. The van der Waals surface area contributed by atoms with Gasteiger partial charge in [-0.15, -0.1) is 0 Å². The topological polar surface area (TPSA) is 59.5 Å². The van der Waals surface area contributed by atoms with E-state index < -0.39 is 0 Å². The van der Waals surface area contributed by atoms with Crippen molar-refractivity contribution in [2.75, 3.05) is 18.0 Å². The van der Waals surface area contributed by atoms with Gasteiger partial charge < -0.3 is 10.6 Å². The lowest BCUT2D eigenvalue weighted by atomic mass is 10.1. The lowest BCUT2D eigenvalue weighted by Gasteiger charge is -2.27. The number of hydrogen-bond acceptors (Lipinski definition) is 4. The molecule has 5 heteroatoms. The lowest BCUT2D eigenvalue weighted by molar-refractivity contribution is 0.578. The van der Waals surface area contributed by atoms with Gasteiger partial charge in [-0.25, -0.2) is 4.98 Å². The molecule has 0 spiro atoms. The smallest absolute Gasteiger partial charge is 0.157 e. The molecule has 1 aliphatic rings. The van der Waals surface area contributed by atoms with Gasteiger partial charge in [0.1, 0.15) is 12.1 Å². The SMILES string of the molecule is Cc1cc(N2CCCC2CCCN)n2ncnc2c1. The molecule has 0 radical (unpaired) electrons. The predicted molar refractivity (Wildman–Crippen MR) is 76.4 cm³/mol. The maximum Gasteiger partial charge on any atom is 0.157 e. The molecular formula is C14H21N5. The van der Waals surface area contributed by atoms with Crippen LogP contribution in [0.15, 0.2) is 18.5 Å². The van der Waals surface area contributed by atoms with E-state index in [1.807, 2.05) is 4.52 Å². The molecule has 1 unspecified atom stereocenters. The van der Waals surface area contributed by atoms with Crippen molar-refractivity contribution in [1.82, 2.24) is 14.6 Å². The van der Waals surface area contributed by atoms with Gasteiger partial charge in [-0.3, -0.25) is 0 Å². The zero-order chi connectivity index (χ0) is 13.2. The van der Waals surface area contributed by atoms with Crippen LogP contribution < -0.4 is 10.6 Å². The van der Waals surface area contributed by atoms with Gasteiger partial charge in [0.25, 0.3) is 0 Å². The van der Waals surface area contributed by atoms with Crippen LogP contribution in [0.5, 0.6) is 0 Å². The number of hydrogen-bond donors (Lipinski definition) is 1. The van der Waals surface area contributed by atoms with Crippen molar-refractivity contribution < 1.29 is 0 Å². The quantitative estimate of drug-likeness (QED) is 0.908. The van der Waals surface area contributed by atoms with Crippen molar-refractivity contribution in [3.8, 4) is 0 Å². The molecule has 3 heterocycles. The minimum Gasteiger partial charge on any atom is -0.354 e. The summed E-state index contributed by atoms with van der Waals surface area (Å²) in [4.78, 5) is 6.78. The summed E-state index contributed by atoms with van der Waals surface area (Å²) in [6.07, 6.45) is 6.39. The van der Waals surface area contributed by atoms with Crippen molar-refractivity contribution >= 4 is 11.5 Å². The Morgan fingerprint density at radius 2 is 2.32 bits per heavy atom. The Labute approximate surface area is 113 Å². The van der Waals surface area contributed by atoms with E-state index >= 15 is 0 Å². The van der Waals surface area contributed by atoms with Crippen LogP contribution in [0.3, 0.4) is 0 Å². The lowest BCUT2D eigenvalue weighted by Crippen LogP contribution is -2.31. The van der Waals surface area contributed by atoms with Gasteiger partial charge in [-0.05, 0) is 56.8 Å². The number of pyridine rings is 1. The summed E-state index contributed by atoms with van der Waals surface area (Å²) in [7, 11) is 0. The first-order valence-corrected chi connectivity index (χ1v) is 7.06. The third-order valence-corrected chi connectivity index (χ3v) is 3.92. The number of aryl methyl sites for hydroxylation is 1. The summed E-state index contributed by atoms with van der Waals surface area (Å²) in [6, 6.07) is 4.88. The van der Waals surface area contributed by atoms with Crippen molar-refractivity contribution in [2.45, 2.75) is 38.6 Å². The molecule has 0 amide bonds. The minimum absolute atomic E-state index is 0.595. The maximum atomic E-state index is 5.64. The Bertz CT molecular complexity index is 562. The van der Waals surface area contributed by atoms with Gasteiger partial charge in [-0.1, -0.05) is 0 Å². The van der Waals surface area contributed by atoms with Gasteiger partial charge in [0.05, 0.1) is 0 Å². The van der Waals surface area contributed by atoms with Gasteiger partial charge in [0.15, 0.2) is 5.65 Å². The number of anilines is 1.